The quantitative estimate of drug-likeness (QED) is 0.319. The van der Waals surface area contributed by atoms with Crippen LogP contribution >= 0.6 is 0 Å². The van der Waals surface area contributed by atoms with E-state index in [0.717, 1.165) is 18.6 Å². The molecular weight excluding hydrogens is 457 g/mol. The monoisotopic (exact) mass is 484 g/mol. The summed E-state index contributed by atoms with van der Waals surface area (Å²) in [5.41, 5.74) is 1.61. The van der Waals surface area contributed by atoms with Gasteiger partial charge in [0, 0.05) is 30.2 Å². The molecule has 0 atom stereocenters. The highest BCUT2D eigenvalue weighted by Crippen LogP contribution is 2.30. The number of para-hydroxylation sites is 1. The zero-order chi connectivity index (χ0) is 25.3. The van der Waals surface area contributed by atoms with Crippen LogP contribution in [0.25, 0.3) is 0 Å². The van der Waals surface area contributed by atoms with Crippen molar-refractivity contribution in [2.75, 3.05) is 28.6 Å². The van der Waals surface area contributed by atoms with E-state index in [-0.39, 0.29) is 18.3 Å². The molecule has 0 aliphatic rings. The minimum absolute atomic E-state index is 0.0392. The molecule has 0 heterocycles. The van der Waals surface area contributed by atoms with Gasteiger partial charge in [-0.1, -0.05) is 43.3 Å². The largest absolute Gasteiger partial charge is 0.416 e. The first-order valence-corrected chi connectivity index (χ1v) is 11.2. The lowest BCUT2D eigenvalue weighted by Gasteiger charge is -2.23. The van der Waals surface area contributed by atoms with Gasteiger partial charge in [0.05, 0.1) is 5.56 Å². The van der Waals surface area contributed by atoms with E-state index >= 15 is 0 Å². The number of hydrogen-bond donors (Lipinski definition) is 3. The molecule has 0 radical (unpaired) electrons. The minimum atomic E-state index is -4.51. The molecule has 3 N–H and O–H groups in total. The van der Waals surface area contributed by atoms with Crippen molar-refractivity contribution in [3.05, 3.63) is 90.0 Å². The van der Waals surface area contributed by atoms with Gasteiger partial charge in [-0.3, -0.25) is 4.90 Å². The third kappa shape index (κ3) is 7.77. The molecule has 3 aromatic carbocycles. The van der Waals surface area contributed by atoms with Crippen molar-refractivity contribution in [3.8, 4) is 0 Å². The highest BCUT2D eigenvalue weighted by molar-refractivity contribution is 6.01. The van der Waals surface area contributed by atoms with E-state index < -0.39 is 17.8 Å². The molecule has 4 amide bonds. The second kappa shape index (κ2) is 11.9. The number of carbonyl (C=O) groups is 2. The van der Waals surface area contributed by atoms with E-state index in [2.05, 4.69) is 16.0 Å². The Labute approximate surface area is 202 Å². The van der Waals surface area contributed by atoms with E-state index in [0.29, 0.717) is 24.3 Å². The molecule has 0 bridgehead atoms. The summed E-state index contributed by atoms with van der Waals surface area (Å²) in [5.74, 6) is 0. The summed E-state index contributed by atoms with van der Waals surface area (Å²) in [6, 6.07) is 19.8. The Hall–Kier alpha value is -4.01. The maximum atomic E-state index is 13.0. The standard InChI is InChI=1S/C26H27F3N4O2/c1-2-19-12-14-21(15-13-19)31-24(34)30-16-7-17-33(23-10-4-3-5-11-23)25(35)32-22-9-6-8-20(18-22)26(27,28)29/h3-6,8-15,18H,2,7,16-17H2,1H3,(H,32,35)(H2,30,31,34). The number of alkyl halides is 3. The molecule has 0 aliphatic carbocycles. The molecular formula is C26H27F3N4O2. The van der Waals surface area contributed by atoms with Gasteiger partial charge >= 0.3 is 18.2 Å². The third-order valence-corrected chi connectivity index (χ3v) is 5.22. The van der Waals surface area contributed by atoms with Crippen LogP contribution in [-0.2, 0) is 12.6 Å². The number of aryl methyl sites for hydroxylation is 1. The third-order valence-electron chi connectivity index (χ3n) is 5.22. The Bertz CT molecular complexity index is 1120. The van der Waals surface area contributed by atoms with Gasteiger partial charge in [-0.2, -0.15) is 13.2 Å². The van der Waals surface area contributed by atoms with Gasteiger partial charge in [-0.15, -0.1) is 0 Å². The molecule has 0 spiro atoms. The predicted octanol–water partition coefficient (Wildman–Crippen LogP) is 6.52. The van der Waals surface area contributed by atoms with Crippen LogP contribution in [0.1, 0.15) is 24.5 Å². The molecule has 9 heteroatoms. The number of anilines is 3. The van der Waals surface area contributed by atoms with Crippen LogP contribution in [-0.4, -0.2) is 25.2 Å². The fraction of sp³-hybridized carbons (Fsp3) is 0.231. The lowest BCUT2D eigenvalue weighted by Crippen LogP contribution is -2.38. The number of benzene rings is 3. The smallest absolute Gasteiger partial charge is 0.338 e. The zero-order valence-corrected chi connectivity index (χ0v) is 19.2. The van der Waals surface area contributed by atoms with Crippen LogP contribution in [0.4, 0.5) is 39.8 Å². The van der Waals surface area contributed by atoms with E-state index in [1.54, 1.807) is 30.3 Å². The van der Waals surface area contributed by atoms with Crippen molar-refractivity contribution in [1.82, 2.24) is 5.32 Å². The molecule has 3 rings (SSSR count). The molecule has 0 saturated carbocycles. The summed E-state index contributed by atoms with van der Waals surface area (Å²) in [7, 11) is 0. The Morgan fingerprint density at radius 1 is 0.857 bits per heavy atom. The summed E-state index contributed by atoms with van der Waals surface area (Å²) in [6.45, 7) is 2.58. The van der Waals surface area contributed by atoms with Crippen molar-refractivity contribution >= 4 is 29.1 Å². The summed E-state index contributed by atoms with van der Waals surface area (Å²) in [4.78, 5) is 26.5. The van der Waals surface area contributed by atoms with Crippen molar-refractivity contribution < 1.29 is 22.8 Å². The lowest BCUT2D eigenvalue weighted by atomic mass is 10.1. The van der Waals surface area contributed by atoms with Crippen LogP contribution < -0.4 is 20.9 Å². The number of halogens is 3. The predicted molar refractivity (Wildman–Crippen MR) is 132 cm³/mol. The fourth-order valence-corrected chi connectivity index (χ4v) is 3.36. The number of nitrogens with one attached hydrogen (secondary N) is 3. The molecule has 35 heavy (non-hydrogen) atoms. The Balaban J connectivity index is 1.57. The molecule has 0 unspecified atom stereocenters. The SMILES string of the molecule is CCc1ccc(NC(=O)NCCCN(C(=O)Nc2cccc(C(F)(F)F)c2)c2ccccc2)cc1. The molecule has 184 valence electrons. The van der Waals surface area contributed by atoms with Crippen LogP contribution in [0.2, 0.25) is 0 Å². The summed E-state index contributed by atoms with van der Waals surface area (Å²) in [6.07, 6.45) is -3.18. The highest BCUT2D eigenvalue weighted by atomic mass is 19.4. The van der Waals surface area contributed by atoms with Crippen LogP contribution in [0, 0.1) is 0 Å². The summed E-state index contributed by atoms with van der Waals surface area (Å²) in [5, 5.41) is 8.03. The van der Waals surface area contributed by atoms with Gasteiger partial charge in [0.25, 0.3) is 0 Å². The van der Waals surface area contributed by atoms with Crippen molar-refractivity contribution in [2.45, 2.75) is 25.9 Å². The molecule has 0 aliphatic heterocycles. The molecule has 0 fully saturated rings. The summed E-state index contributed by atoms with van der Waals surface area (Å²) >= 11 is 0. The number of amides is 4. The summed E-state index contributed by atoms with van der Waals surface area (Å²) < 4.78 is 39.0. The van der Waals surface area contributed by atoms with Crippen molar-refractivity contribution in [2.24, 2.45) is 0 Å². The fourth-order valence-electron chi connectivity index (χ4n) is 3.36. The topological polar surface area (TPSA) is 73.5 Å². The first-order valence-electron chi connectivity index (χ1n) is 11.2. The van der Waals surface area contributed by atoms with Gasteiger partial charge < -0.3 is 16.0 Å². The second-order valence-electron chi connectivity index (χ2n) is 7.78. The normalized spacial score (nSPS) is 11.0. The average molecular weight is 485 g/mol. The molecule has 3 aromatic rings. The highest BCUT2D eigenvalue weighted by Gasteiger charge is 2.30. The first-order chi connectivity index (χ1) is 16.8. The van der Waals surface area contributed by atoms with Gasteiger partial charge in [-0.05, 0) is 60.9 Å². The van der Waals surface area contributed by atoms with Crippen molar-refractivity contribution in [3.63, 3.8) is 0 Å². The lowest BCUT2D eigenvalue weighted by molar-refractivity contribution is -0.137. The molecule has 0 saturated heterocycles. The first kappa shape index (κ1) is 25.6. The maximum absolute atomic E-state index is 13.0. The van der Waals surface area contributed by atoms with Crippen LogP contribution in [0.15, 0.2) is 78.9 Å². The van der Waals surface area contributed by atoms with E-state index in [1.807, 2.05) is 31.2 Å². The molecule has 0 aromatic heterocycles. The maximum Gasteiger partial charge on any atom is 0.416 e. The Morgan fingerprint density at radius 2 is 1.57 bits per heavy atom. The average Bonchev–Trinajstić information content (AvgIpc) is 2.84. The Morgan fingerprint density at radius 3 is 2.23 bits per heavy atom. The van der Waals surface area contributed by atoms with E-state index in [1.165, 1.54) is 22.6 Å². The van der Waals surface area contributed by atoms with Crippen molar-refractivity contribution in [1.29, 1.82) is 0 Å². The number of carbonyl (C=O) groups excluding carboxylic acids is 2. The van der Waals surface area contributed by atoms with Crippen LogP contribution in [0.3, 0.4) is 0 Å². The number of urea groups is 2. The number of rotatable bonds is 8. The molecule has 6 nitrogen and oxygen atoms in total. The number of hydrogen-bond acceptors (Lipinski definition) is 2. The van der Waals surface area contributed by atoms with Gasteiger partial charge in [0.2, 0.25) is 0 Å². The van der Waals surface area contributed by atoms with E-state index in [9.17, 15) is 22.8 Å². The van der Waals surface area contributed by atoms with Gasteiger partial charge in [0.15, 0.2) is 0 Å². The second-order valence-corrected chi connectivity index (χ2v) is 7.78. The van der Waals surface area contributed by atoms with E-state index in [4.69, 9.17) is 0 Å². The minimum Gasteiger partial charge on any atom is -0.338 e. The van der Waals surface area contributed by atoms with Gasteiger partial charge in [-0.25, -0.2) is 9.59 Å². The van der Waals surface area contributed by atoms with Gasteiger partial charge in [0.1, 0.15) is 0 Å². The number of nitrogens with zero attached hydrogens (tertiary/aromatic N) is 1. The zero-order valence-electron chi connectivity index (χ0n) is 19.2. The van der Waals surface area contributed by atoms with Crippen LogP contribution in [0.5, 0.6) is 0 Å². The Kier molecular flexibility index (Phi) is 8.72.